The lowest BCUT2D eigenvalue weighted by atomic mass is 10.0. The number of nitrogens with two attached hydrogens (primary N) is 1. The summed E-state index contributed by atoms with van der Waals surface area (Å²) >= 11 is 0. The molecule has 1 aliphatic rings. The second-order valence-electron chi connectivity index (χ2n) is 5.05. The minimum absolute atomic E-state index is 0.0897. The third-order valence-corrected chi connectivity index (χ3v) is 5.78. The zero-order valence-corrected chi connectivity index (χ0v) is 11.9. The van der Waals surface area contributed by atoms with E-state index in [4.69, 9.17) is 10.5 Å². The third kappa shape index (κ3) is 4.13. The highest BCUT2D eigenvalue weighted by molar-refractivity contribution is 7.92. The molecule has 0 heterocycles. The zero-order chi connectivity index (χ0) is 13.7. The van der Waals surface area contributed by atoms with E-state index in [0.29, 0.717) is 11.4 Å². The van der Waals surface area contributed by atoms with E-state index in [1.807, 2.05) is 0 Å². The first-order valence-corrected chi connectivity index (χ1v) is 8.49. The fraction of sp³-hybridized carbons (Fsp3) is 0.571. The quantitative estimate of drug-likeness (QED) is 0.842. The van der Waals surface area contributed by atoms with Gasteiger partial charge in [-0.1, -0.05) is 25.3 Å². The van der Waals surface area contributed by atoms with Gasteiger partial charge >= 0.3 is 0 Å². The Morgan fingerprint density at radius 1 is 1.21 bits per heavy atom. The fourth-order valence-electron chi connectivity index (χ4n) is 2.47. The molecule has 1 saturated carbocycles. The van der Waals surface area contributed by atoms with E-state index < -0.39 is 9.84 Å². The summed E-state index contributed by atoms with van der Waals surface area (Å²) in [6, 6.07) is 7.04. The molecule has 1 aromatic carbocycles. The van der Waals surface area contributed by atoms with Crippen LogP contribution in [0.25, 0.3) is 0 Å². The number of sulfone groups is 1. The maximum Gasteiger partial charge on any atom is 0.156 e. The van der Waals surface area contributed by atoms with Gasteiger partial charge in [-0.15, -0.1) is 0 Å². The highest BCUT2D eigenvalue weighted by atomic mass is 32.2. The zero-order valence-electron chi connectivity index (χ0n) is 11.0. The first-order chi connectivity index (χ1) is 9.08. The number of nitrogen functional groups attached to an aromatic ring is 1. The summed E-state index contributed by atoms with van der Waals surface area (Å²) in [6.07, 6.45) is 4.83. The minimum atomic E-state index is -3.02. The highest BCUT2D eigenvalue weighted by Gasteiger charge is 2.26. The van der Waals surface area contributed by atoms with Gasteiger partial charge in [-0.05, 0) is 25.0 Å². The molecule has 1 aromatic rings. The van der Waals surface area contributed by atoms with Crippen LogP contribution in [0.2, 0.25) is 0 Å². The van der Waals surface area contributed by atoms with Crippen LogP contribution >= 0.6 is 0 Å². The van der Waals surface area contributed by atoms with E-state index in [1.54, 1.807) is 24.3 Å². The second-order valence-corrected chi connectivity index (χ2v) is 7.45. The maximum atomic E-state index is 12.1. The molecule has 0 spiro atoms. The van der Waals surface area contributed by atoms with Crippen LogP contribution in [0.5, 0.6) is 5.75 Å². The van der Waals surface area contributed by atoms with E-state index in [1.165, 1.54) is 0 Å². The van der Waals surface area contributed by atoms with Crippen LogP contribution in [0, 0.1) is 0 Å². The Morgan fingerprint density at radius 3 is 2.63 bits per heavy atom. The van der Waals surface area contributed by atoms with Crippen LogP contribution in [-0.2, 0) is 9.84 Å². The van der Waals surface area contributed by atoms with Crippen molar-refractivity contribution in [2.24, 2.45) is 0 Å². The Labute approximate surface area is 114 Å². The molecule has 0 amide bonds. The number of ether oxygens (including phenoxy) is 1. The van der Waals surface area contributed by atoms with Gasteiger partial charge in [0.2, 0.25) is 0 Å². The summed E-state index contributed by atoms with van der Waals surface area (Å²) in [5.41, 5.74) is 6.25. The lowest BCUT2D eigenvalue weighted by molar-refractivity contribution is 0.339. The summed E-state index contributed by atoms with van der Waals surface area (Å²) in [5.74, 6) is 0.714. The van der Waals surface area contributed by atoms with Crippen molar-refractivity contribution in [1.82, 2.24) is 0 Å². The molecular formula is C14H21NO3S. The second kappa shape index (κ2) is 6.28. The Bertz CT molecular complexity index is 507. The number of benzene rings is 1. The predicted octanol–water partition coefficient (Wildman–Crippen LogP) is 2.40. The van der Waals surface area contributed by atoms with Gasteiger partial charge in [0.25, 0.3) is 0 Å². The average Bonchev–Trinajstić information content (AvgIpc) is 2.40. The Hall–Kier alpha value is -1.23. The van der Waals surface area contributed by atoms with Crippen molar-refractivity contribution in [2.75, 3.05) is 18.1 Å². The van der Waals surface area contributed by atoms with Gasteiger partial charge in [0.15, 0.2) is 9.84 Å². The van der Waals surface area contributed by atoms with Crippen LogP contribution in [0.4, 0.5) is 5.69 Å². The molecule has 106 valence electrons. The summed E-state index contributed by atoms with van der Waals surface area (Å²) < 4.78 is 29.7. The molecule has 0 atom stereocenters. The monoisotopic (exact) mass is 283 g/mol. The van der Waals surface area contributed by atoms with Gasteiger partial charge in [-0.3, -0.25) is 0 Å². The smallest absolute Gasteiger partial charge is 0.156 e. The predicted molar refractivity (Wildman–Crippen MR) is 77.0 cm³/mol. The number of hydrogen-bond acceptors (Lipinski definition) is 4. The maximum absolute atomic E-state index is 12.1. The van der Waals surface area contributed by atoms with E-state index in [9.17, 15) is 8.42 Å². The lowest BCUT2D eigenvalue weighted by Gasteiger charge is -2.21. The van der Waals surface area contributed by atoms with Crippen molar-refractivity contribution < 1.29 is 13.2 Å². The molecule has 2 rings (SSSR count). The van der Waals surface area contributed by atoms with Gasteiger partial charge in [-0.2, -0.15) is 0 Å². The third-order valence-electron chi connectivity index (χ3n) is 3.55. The largest absolute Gasteiger partial charge is 0.492 e. The Morgan fingerprint density at radius 2 is 1.95 bits per heavy atom. The molecule has 19 heavy (non-hydrogen) atoms. The van der Waals surface area contributed by atoms with E-state index in [-0.39, 0.29) is 17.6 Å². The van der Waals surface area contributed by atoms with Crippen LogP contribution in [0.1, 0.15) is 32.1 Å². The van der Waals surface area contributed by atoms with Crippen molar-refractivity contribution in [3.63, 3.8) is 0 Å². The molecule has 1 aliphatic carbocycles. The first kappa shape index (κ1) is 14.2. The van der Waals surface area contributed by atoms with E-state index in [0.717, 1.165) is 32.1 Å². The molecule has 5 heteroatoms. The molecule has 1 fully saturated rings. The van der Waals surface area contributed by atoms with Gasteiger partial charge in [0, 0.05) is 11.8 Å². The van der Waals surface area contributed by atoms with E-state index in [2.05, 4.69) is 0 Å². The number of rotatable bonds is 5. The summed E-state index contributed by atoms with van der Waals surface area (Å²) in [6.45, 7) is 0.197. The molecule has 0 unspecified atom stereocenters. The van der Waals surface area contributed by atoms with Crippen molar-refractivity contribution in [1.29, 1.82) is 0 Å². The molecule has 0 bridgehead atoms. The summed E-state index contributed by atoms with van der Waals surface area (Å²) in [5, 5.41) is -0.161. The van der Waals surface area contributed by atoms with Crippen LogP contribution in [0.3, 0.4) is 0 Å². The average molecular weight is 283 g/mol. The Kier molecular flexibility index (Phi) is 4.69. The number of anilines is 1. The minimum Gasteiger partial charge on any atom is -0.492 e. The normalized spacial score (nSPS) is 17.3. The fourth-order valence-corrected chi connectivity index (χ4v) is 4.17. The van der Waals surface area contributed by atoms with E-state index >= 15 is 0 Å². The van der Waals surface area contributed by atoms with Crippen molar-refractivity contribution >= 4 is 15.5 Å². The Balaban J connectivity index is 1.84. The van der Waals surface area contributed by atoms with Crippen molar-refractivity contribution in [3.05, 3.63) is 24.3 Å². The van der Waals surface area contributed by atoms with Gasteiger partial charge in [0.05, 0.1) is 11.0 Å². The molecule has 2 N–H and O–H groups in total. The van der Waals surface area contributed by atoms with Crippen molar-refractivity contribution in [2.45, 2.75) is 37.4 Å². The summed E-state index contributed by atoms with van der Waals surface area (Å²) in [4.78, 5) is 0. The highest BCUT2D eigenvalue weighted by Crippen LogP contribution is 2.24. The van der Waals surface area contributed by atoms with Gasteiger partial charge < -0.3 is 10.5 Å². The lowest BCUT2D eigenvalue weighted by Crippen LogP contribution is -2.28. The number of hydrogen-bond donors (Lipinski definition) is 1. The van der Waals surface area contributed by atoms with Gasteiger partial charge in [0.1, 0.15) is 12.4 Å². The van der Waals surface area contributed by atoms with Crippen molar-refractivity contribution in [3.8, 4) is 5.75 Å². The first-order valence-electron chi connectivity index (χ1n) is 6.78. The standard InChI is InChI=1S/C14H21NO3S/c15-12-5-4-6-13(11-12)18-9-10-19(16,17)14-7-2-1-3-8-14/h4-6,11,14H,1-3,7-10,15H2. The van der Waals surface area contributed by atoms with Crippen LogP contribution in [0.15, 0.2) is 24.3 Å². The SMILES string of the molecule is Nc1cccc(OCCS(=O)(=O)C2CCCCC2)c1. The molecule has 0 aliphatic heterocycles. The van der Waals surface area contributed by atoms with Crippen LogP contribution in [-0.4, -0.2) is 26.0 Å². The topological polar surface area (TPSA) is 69.4 Å². The molecular weight excluding hydrogens is 262 g/mol. The molecule has 0 saturated heterocycles. The van der Waals surface area contributed by atoms with Gasteiger partial charge in [-0.25, -0.2) is 8.42 Å². The van der Waals surface area contributed by atoms with Crippen LogP contribution < -0.4 is 10.5 Å². The molecule has 0 aromatic heterocycles. The summed E-state index contributed by atoms with van der Waals surface area (Å²) in [7, 11) is -3.02. The molecule has 0 radical (unpaired) electrons. The molecule has 4 nitrogen and oxygen atoms in total.